The second-order valence-electron chi connectivity index (χ2n) is 6.91. The summed E-state index contributed by atoms with van der Waals surface area (Å²) in [6, 6.07) is 10.2. The Hall–Kier alpha value is -2.80. The number of halogens is 1. The highest BCUT2D eigenvalue weighted by atomic mass is 19.1. The van der Waals surface area contributed by atoms with Crippen molar-refractivity contribution in [2.24, 2.45) is 0 Å². The number of hydrogen-bond acceptors (Lipinski definition) is 5. The Kier molecular flexibility index (Phi) is 6.59. The molecule has 0 spiro atoms. The molecule has 3 rings (SSSR count). The first-order chi connectivity index (χ1) is 14.0. The molecule has 29 heavy (non-hydrogen) atoms. The third-order valence-corrected chi connectivity index (χ3v) is 5.44. The van der Waals surface area contributed by atoms with Gasteiger partial charge in [-0.1, -0.05) is 18.2 Å². The van der Waals surface area contributed by atoms with Gasteiger partial charge in [0.05, 0.1) is 26.9 Å². The number of carbonyl (C=O) groups excluding carboxylic acids is 1. The van der Waals surface area contributed by atoms with Crippen molar-refractivity contribution in [2.45, 2.75) is 13.0 Å². The van der Waals surface area contributed by atoms with Crippen LogP contribution in [-0.4, -0.2) is 63.2 Å². The summed E-state index contributed by atoms with van der Waals surface area (Å²) in [6.45, 7) is 4.42. The topological polar surface area (TPSA) is 51.2 Å². The van der Waals surface area contributed by atoms with Gasteiger partial charge in [0.15, 0.2) is 11.5 Å². The molecule has 0 bridgehead atoms. The lowest BCUT2D eigenvalue weighted by Crippen LogP contribution is -2.49. The fourth-order valence-corrected chi connectivity index (χ4v) is 3.76. The smallest absolute Gasteiger partial charge is 0.257 e. The van der Waals surface area contributed by atoms with Crippen LogP contribution in [0.3, 0.4) is 0 Å². The van der Waals surface area contributed by atoms with E-state index in [-0.39, 0.29) is 17.8 Å². The molecule has 0 saturated carbocycles. The summed E-state index contributed by atoms with van der Waals surface area (Å²) in [6.07, 6.45) is 0. The Morgan fingerprint density at radius 3 is 2.17 bits per heavy atom. The minimum atomic E-state index is -0.200. The van der Waals surface area contributed by atoms with E-state index in [4.69, 9.17) is 14.2 Å². The van der Waals surface area contributed by atoms with Crippen LogP contribution in [0.25, 0.3) is 0 Å². The van der Waals surface area contributed by atoms with Gasteiger partial charge < -0.3 is 19.1 Å². The number of amides is 1. The van der Waals surface area contributed by atoms with Gasteiger partial charge in [-0.3, -0.25) is 9.69 Å². The Morgan fingerprint density at radius 2 is 1.59 bits per heavy atom. The average molecular weight is 402 g/mol. The van der Waals surface area contributed by atoms with E-state index < -0.39 is 0 Å². The molecule has 1 amide bonds. The predicted molar refractivity (Wildman–Crippen MR) is 108 cm³/mol. The molecule has 1 saturated heterocycles. The second-order valence-corrected chi connectivity index (χ2v) is 6.91. The Balaban J connectivity index is 1.73. The fourth-order valence-electron chi connectivity index (χ4n) is 3.76. The quantitative estimate of drug-likeness (QED) is 0.742. The van der Waals surface area contributed by atoms with E-state index in [1.54, 1.807) is 23.1 Å². The first kappa shape index (κ1) is 20.9. The van der Waals surface area contributed by atoms with Gasteiger partial charge in [0.25, 0.3) is 5.91 Å². The molecule has 1 aliphatic heterocycles. The molecular weight excluding hydrogens is 375 g/mol. The molecule has 1 atom stereocenters. The van der Waals surface area contributed by atoms with Gasteiger partial charge in [0, 0.05) is 37.8 Å². The maximum absolute atomic E-state index is 14.1. The van der Waals surface area contributed by atoms with Crippen LogP contribution < -0.4 is 14.2 Å². The van der Waals surface area contributed by atoms with Crippen molar-refractivity contribution in [3.05, 3.63) is 53.3 Å². The largest absolute Gasteiger partial charge is 0.493 e. The van der Waals surface area contributed by atoms with Crippen LogP contribution in [0.15, 0.2) is 36.4 Å². The highest BCUT2D eigenvalue weighted by Gasteiger charge is 2.29. The molecule has 6 nitrogen and oxygen atoms in total. The summed E-state index contributed by atoms with van der Waals surface area (Å²) in [5, 5.41) is 0. The van der Waals surface area contributed by atoms with Gasteiger partial charge in [-0.2, -0.15) is 0 Å². The summed E-state index contributed by atoms with van der Waals surface area (Å²) >= 11 is 0. The van der Waals surface area contributed by atoms with Crippen LogP contribution in [0.2, 0.25) is 0 Å². The van der Waals surface area contributed by atoms with E-state index in [9.17, 15) is 9.18 Å². The van der Waals surface area contributed by atoms with Gasteiger partial charge >= 0.3 is 0 Å². The zero-order chi connectivity index (χ0) is 21.0. The van der Waals surface area contributed by atoms with Crippen LogP contribution in [-0.2, 0) is 0 Å². The van der Waals surface area contributed by atoms with Gasteiger partial charge in [0.2, 0.25) is 5.75 Å². The summed E-state index contributed by atoms with van der Waals surface area (Å²) in [7, 11) is 4.55. The van der Waals surface area contributed by atoms with Crippen LogP contribution in [0.1, 0.15) is 28.9 Å². The van der Waals surface area contributed by atoms with E-state index in [1.807, 2.05) is 19.1 Å². The molecule has 1 heterocycles. The van der Waals surface area contributed by atoms with Crippen molar-refractivity contribution >= 4 is 5.91 Å². The molecule has 0 aromatic heterocycles. The second kappa shape index (κ2) is 9.13. The zero-order valence-electron chi connectivity index (χ0n) is 17.3. The Morgan fingerprint density at radius 1 is 0.931 bits per heavy atom. The highest BCUT2D eigenvalue weighted by Crippen LogP contribution is 2.40. The lowest BCUT2D eigenvalue weighted by Gasteiger charge is -2.38. The lowest BCUT2D eigenvalue weighted by molar-refractivity contribution is 0.0575. The average Bonchev–Trinajstić information content (AvgIpc) is 2.77. The first-order valence-corrected chi connectivity index (χ1v) is 9.58. The number of methoxy groups -OCH3 is 3. The number of rotatable bonds is 6. The van der Waals surface area contributed by atoms with Crippen molar-refractivity contribution in [1.29, 1.82) is 0 Å². The molecule has 1 unspecified atom stereocenters. The van der Waals surface area contributed by atoms with Gasteiger partial charge in [-0.15, -0.1) is 0 Å². The normalized spacial score (nSPS) is 15.7. The van der Waals surface area contributed by atoms with Crippen LogP contribution >= 0.6 is 0 Å². The van der Waals surface area contributed by atoms with Crippen molar-refractivity contribution in [1.82, 2.24) is 9.80 Å². The maximum atomic E-state index is 14.1. The number of benzene rings is 2. The summed E-state index contributed by atoms with van der Waals surface area (Å²) in [4.78, 5) is 17.1. The van der Waals surface area contributed by atoms with Gasteiger partial charge in [-0.05, 0) is 25.1 Å². The van der Waals surface area contributed by atoms with Crippen molar-refractivity contribution < 1.29 is 23.4 Å². The number of carbonyl (C=O) groups is 1. The monoisotopic (exact) mass is 402 g/mol. The number of piperazine rings is 1. The minimum Gasteiger partial charge on any atom is -0.493 e. The van der Waals surface area contributed by atoms with Gasteiger partial charge in [-0.25, -0.2) is 4.39 Å². The SMILES string of the molecule is COc1ccc(C(=O)N2CCN(C(C)c3ccccc3F)CC2)c(OC)c1OC. The van der Waals surface area contributed by atoms with Crippen molar-refractivity contribution in [3.8, 4) is 17.2 Å². The van der Waals surface area contributed by atoms with E-state index in [0.717, 1.165) is 0 Å². The zero-order valence-corrected chi connectivity index (χ0v) is 17.3. The molecule has 1 fully saturated rings. The molecule has 7 heteroatoms. The molecule has 0 aliphatic carbocycles. The fraction of sp³-hybridized carbons (Fsp3) is 0.409. The van der Waals surface area contributed by atoms with Crippen molar-refractivity contribution in [3.63, 3.8) is 0 Å². The maximum Gasteiger partial charge on any atom is 0.257 e. The van der Waals surface area contributed by atoms with Crippen LogP contribution in [0.4, 0.5) is 4.39 Å². The third kappa shape index (κ3) is 4.15. The van der Waals surface area contributed by atoms with Crippen molar-refractivity contribution in [2.75, 3.05) is 47.5 Å². The summed E-state index contributed by atoms with van der Waals surface area (Å²) < 4.78 is 30.2. The lowest BCUT2D eigenvalue weighted by atomic mass is 10.0. The number of nitrogens with zero attached hydrogens (tertiary/aromatic N) is 2. The minimum absolute atomic E-state index is 0.0518. The van der Waals surface area contributed by atoms with Crippen LogP contribution in [0, 0.1) is 5.82 Å². The first-order valence-electron chi connectivity index (χ1n) is 9.58. The van der Waals surface area contributed by atoms with E-state index in [0.29, 0.717) is 54.6 Å². The van der Waals surface area contributed by atoms with Gasteiger partial charge in [0.1, 0.15) is 5.82 Å². The standard InChI is InChI=1S/C22H27FN2O4/c1-15(16-7-5-6-8-18(16)23)24-11-13-25(14-12-24)22(26)17-9-10-19(27-2)21(29-4)20(17)28-3/h5-10,15H,11-14H2,1-4H3. The molecule has 156 valence electrons. The molecule has 0 radical (unpaired) electrons. The number of hydrogen-bond donors (Lipinski definition) is 0. The molecule has 2 aromatic rings. The highest BCUT2D eigenvalue weighted by molar-refractivity contribution is 5.98. The summed E-state index contributed by atoms with van der Waals surface area (Å²) in [5.74, 6) is 0.936. The molecular formula is C22H27FN2O4. The molecule has 2 aromatic carbocycles. The Bertz CT molecular complexity index is 866. The predicted octanol–water partition coefficient (Wildman–Crippen LogP) is 3.37. The van der Waals surface area contributed by atoms with E-state index >= 15 is 0 Å². The Labute approximate surface area is 170 Å². The summed E-state index contributed by atoms with van der Waals surface area (Å²) in [5.41, 5.74) is 1.11. The molecule has 0 N–H and O–H groups in total. The number of ether oxygens (including phenoxy) is 3. The molecule has 1 aliphatic rings. The third-order valence-electron chi connectivity index (χ3n) is 5.44. The van der Waals surface area contributed by atoms with E-state index in [1.165, 1.54) is 27.4 Å². The van der Waals surface area contributed by atoms with E-state index in [2.05, 4.69) is 4.90 Å². The van der Waals surface area contributed by atoms with Crippen LogP contribution in [0.5, 0.6) is 17.2 Å².